The minimum Gasteiger partial charge on any atom is -0.345 e. The zero-order chi connectivity index (χ0) is 17.5. The number of aromatic nitrogens is 1. The minimum absolute atomic E-state index is 0.0974. The first-order valence-electron chi connectivity index (χ1n) is 9.25. The molecule has 0 saturated heterocycles. The largest absolute Gasteiger partial charge is 0.345 e. The molecule has 1 heterocycles. The lowest BCUT2D eigenvalue weighted by atomic mass is 9.98. The summed E-state index contributed by atoms with van der Waals surface area (Å²) >= 11 is 0. The van der Waals surface area contributed by atoms with E-state index in [0.29, 0.717) is 6.42 Å². The molecule has 0 radical (unpaired) electrons. The van der Waals surface area contributed by atoms with E-state index in [2.05, 4.69) is 47.6 Å². The first-order valence-corrected chi connectivity index (χ1v) is 9.25. The maximum Gasteiger partial charge on any atom is 0.220 e. The third-order valence-electron chi connectivity index (χ3n) is 4.74. The van der Waals surface area contributed by atoms with E-state index in [1.54, 1.807) is 6.20 Å². The Morgan fingerprint density at radius 3 is 2.80 bits per heavy atom. The minimum atomic E-state index is -0.0974. The Kier molecular flexibility index (Phi) is 5.99. The number of hydrogen-bond donors (Lipinski definition) is 1. The Hall–Kier alpha value is -2.42. The van der Waals surface area contributed by atoms with Gasteiger partial charge in [-0.05, 0) is 41.2 Å². The Morgan fingerprint density at radius 1 is 1.16 bits per heavy atom. The molecule has 0 spiro atoms. The molecular formula is C22H26N2O. The van der Waals surface area contributed by atoms with Crippen molar-refractivity contribution in [3.8, 4) is 0 Å². The lowest BCUT2D eigenvalue weighted by Crippen LogP contribution is -2.29. The quantitative estimate of drug-likeness (QED) is 0.701. The van der Waals surface area contributed by atoms with Crippen molar-refractivity contribution in [2.75, 3.05) is 0 Å². The topological polar surface area (TPSA) is 42.0 Å². The van der Waals surface area contributed by atoms with E-state index in [0.717, 1.165) is 24.8 Å². The van der Waals surface area contributed by atoms with E-state index >= 15 is 0 Å². The van der Waals surface area contributed by atoms with Gasteiger partial charge in [0.2, 0.25) is 5.91 Å². The highest BCUT2D eigenvalue weighted by Crippen LogP contribution is 2.33. The summed E-state index contributed by atoms with van der Waals surface area (Å²) in [4.78, 5) is 16.7. The van der Waals surface area contributed by atoms with E-state index < -0.39 is 0 Å². The summed E-state index contributed by atoms with van der Waals surface area (Å²) < 4.78 is 0. The van der Waals surface area contributed by atoms with Crippen LogP contribution in [0.2, 0.25) is 0 Å². The number of carbonyl (C=O) groups is 1. The molecule has 3 nitrogen and oxygen atoms in total. The number of pyridine rings is 1. The van der Waals surface area contributed by atoms with Gasteiger partial charge in [-0.3, -0.25) is 9.78 Å². The van der Waals surface area contributed by atoms with Crippen LogP contribution in [0, 0.1) is 0 Å². The van der Waals surface area contributed by atoms with Crippen molar-refractivity contribution >= 4 is 12.0 Å². The third kappa shape index (κ3) is 4.56. The maximum atomic E-state index is 12.5. The van der Waals surface area contributed by atoms with Gasteiger partial charge in [-0.1, -0.05) is 62.6 Å². The van der Waals surface area contributed by atoms with E-state index in [1.165, 1.54) is 29.5 Å². The second-order valence-corrected chi connectivity index (χ2v) is 6.69. The standard InChI is InChI=1S/C22H26N2O/c1-2-3-4-5-12-21(25)24-22(19-11-8-13-23-16-19)20-14-17-9-6-7-10-18(17)15-20/h6-11,13-14,16,22H,2-5,12,15H2,1H3,(H,24,25). The molecule has 1 aromatic heterocycles. The molecule has 2 aromatic rings. The van der Waals surface area contributed by atoms with Crippen molar-refractivity contribution in [2.24, 2.45) is 0 Å². The Bertz CT molecular complexity index is 737. The molecule has 1 aliphatic carbocycles. The van der Waals surface area contributed by atoms with Crippen LogP contribution in [-0.4, -0.2) is 10.9 Å². The SMILES string of the molecule is CCCCCCC(=O)NC(C1=Cc2ccccc2C1)c1cccnc1. The van der Waals surface area contributed by atoms with Crippen LogP contribution in [0.4, 0.5) is 0 Å². The van der Waals surface area contributed by atoms with Gasteiger partial charge >= 0.3 is 0 Å². The fraction of sp³-hybridized carbons (Fsp3) is 0.364. The van der Waals surface area contributed by atoms with Crippen LogP contribution >= 0.6 is 0 Å². The smallest absolute Gasteiger partial charge is 0.220 e. The van der Waals surface area contributed by atoms with Crippen molar-refractivity contribution in [1.29, 1.82) is 0 Å². The van der Waals surface area contributed by atoms with Crippen LogP contribution in [0.1, 0.15) is 61.8 Å². The molecule has 3 heteroatoms. The van der Waals surface area contributed by atoms with Crippen LogP contribution in [0.5, 0.6) is 0 Å². The number of hydrogen-bond acceptors (Lipinski definition) is 2. The van der Waals surface area contributed by atoms with Gasteiger partial charge in [-0.25, -0.2) is 0 Å². The highest BCUT2D eigenvalue weighted by molar-refractivity contribution is 5.78. The van der Waals surface area contributed by atoms with E-state index in [1.807, 2.05) is 18.3 Å². The lowest BCUT2D eigenvalue weighted by Gasteiger charge is -2.20. The molecule has 1 amide bonds. The van der Waals surface area contributed by atoms with Crippen LogP contribution in [0.15, 0.2) is 54.4 Å². The zero-order valence-corrected chi connectivity index (χ0v) is 14.9. The molecule has 0 bridgehead atoms. The second-order valence-electron chi connectivity index (χ2n) is 6.69. The molecular weight excluding hydrogens is 308 g/mol. The molecule has 1 aromatic carbocycles. The number of carbonyl (C=O) groups excluding carboxylic acids is 1. The van der Waals surface area contributed by atoms with Crippen LogP contribution in [-0.2, 0) is 11.2 Å². The highest BCUT2D eigenvalue weighted by atomic mass is 16.1. The number of amides is 1. The van der Waals surface area contributed by atoms with Gasteiger partial charge < -0.3 is 5.32 Å². The number of unbranched alkanes of at least 4 members (excludes halogenated alkanes) is 3. The van der Waals surface area contributed by atoms with Gasteiger partial charge in [0.25, 0.3) is 0 Å². The molecule has 0 aliphatic heterocycles. The van der Waals surface area contributed by atoms with Gasteiger partial charge in [0.05, 0.1) is 6.04 Å². The number of nitrogens with zero attached hydrogens (tertiary/aromatic N) is 1. The zero-order valence-electron chi connectivity index (χ0n) is 14.9. The summed E-state index contributed by atoms with van der Waals surface area (Å²) in [5.41, 5.74) is 4.85. The summed E-state index contributed by atoms with van der Waals surface area (Å²) in [5, 5.41) is 3.24. The fourth-order valence-electron chi connectivity index (χ4n) is 3.37. The summed E-state index contributed by atoms with van der Waals surface area (Å²) in [6, 6.07) is 12.3. The number of nitrogens with one attached hydrogen (secondary N) is 1. The third-order valence-corrected chi connectivity index (χ3v) is 4.74. The molecule has 3 rings (SSSR count). The fourth-order valence-corrected chi connectivity index (χ4v) is 3.37. The predicted octanol–water partition coefficient (Wildman–Crippen LogP) is 4.85. The number of benzene rings is 1. The molecule has 1 unspecified atom stereocenters. The Labute approximate surface area is 150 Å². The van der Waals surface area contributed by atoms with Crippen LogP contribution < -0.4 is 5.32 Å². The molecule has 0 saturated carbocycles. The van der Waals surface area contributed by atoms with Crippen molar-refractivity contribution in [3.05, 3.63) is 71.1 Å². The molecule has 1 aliphatic rings. The second kappa shape index (κ2) is 8.61. The predicted molar refractivity (Wildman–Crippen MR) is 102 cm³/mol. The average Bonchev–Trinajstić information content (AvgIpc) is 3.08. The number of rotatable bonds is 8. The highest BCUT2D eigenvalue weighted by Gasteiger charge is 2.23. The van der Waals surface area contributed by atoms with Crippen LogP contribution in [0.3, 0.4) is 0 Å². The Morgan fingerprint density at radius 2 is 2.04 bits per heavy atom. The van der Waals surface area contributed by atoms with Crippen molar-refractivity contribution in [1.82, 2.24) is 10.3 Å². The summed E-state index contributed by atoms with van der Waals surface area (Å²) in [7, 11) is 0. The van der Waals surface area contributed by atoms with Crippen molar-refractivity contribution in [2.45, 2.75) is 51.5 Å². The Balaban J connectivity index is 1.73. The normalized spacial score (nSPS) is 13.9. The van der Waals surface area contributed by atoms with Gasteiger partial charge in [0.1, 0.15) is 0 Å². The first-order chi connectivity index (χ1) is 12.3. The maximum absolute atomic E-state index is 12.5. The first kappa shape index (κ1) is 17.4. The number of fused-ring (bicyclic) bond motifs is 1. The van der Waals surface area contributed by atoms with Crippen LogP contribution in [0.25, 0.3) is 6.08 Å². The van der Waals surface area contributed by atoms with Gasteiger partial charge in [0.15, 0.2) is 0 Å². The monoisotopic (exact) mass is 334 g/mol. The molecule has 25 heavy (non-hydrogen) atoms. The van der Waals surface area contributed by atoms with E-state index in [4.69, 9.17) is 0 Å². The van der Waals surface area contributed by atoms with Gasteiger partial charge in [0, 0.05) is 18.8 Å². The molecule has 130 valence electrons. The van der Waals surface area contributed by atoms with Gasteiger partial charge in [-0.15, -0.1) is 0 Å². The summed E-state index contributed by atoms with van der Waals surface area (Å²) in [6.45, 7) is 2.18. The van der Waals surface area contributed by atoms with Gasteiger partial charge in [-0.2, -0.15) is 0 Å². The molecule has 1 atom stereocenters. The average molecular weight is 334 g/mol. The summed E-state index contributed by atoms with van der Waals surface area (Å²) in [6.07, 6.45) is 11.8. The molecule has 1 N–H and O–H groups in total. The van der Waals surface area contributed by atoms with Crippen molar-refractivity contribution < 1.29 is 4.79 Å². The molecule has 0 fully saturated rings. The lowest BCUT2D eigenvalue weighted by molar-refractivity contribution is -0.121. The van der Waals surface area contributed by atoms with Crippen molar-refractivity contribution in [3.63, 3.8) is 0 Å². The summed E-state index contributed by atoms with van der Waals surface area (Å²) in [5.74, 6) is 0.127. The van der Waals surface area contributed by atoms with E-state index in [-0.39, 0.29) is 11.9 Å². The van der Waals surface area contributed by atoms with E-state index in [9.17, 15) is 4.79 Å².